The molecule has 0 aliphatic carbocycles. The molecule has 1 heterocycles. The topological polar surface area (TPSA) is 58.9 Å². The fourth-order valence-corrected chi connectivity index (χ4v) is 1.09. The second kappa shape index (κ2) is 2.72. The van der Waals surface area contributed by atoms with Gasteiger partial charge in [-0.3, -0.25) is 0 Å². The van der Waals surface area contributed by atoms with E-state index in [4.69, 9.17) is 5.11 Å². The maximum atomic E-state index is 9.85. The second-order valence-corrected chi connectivity index (χ2v) is 2.30. The van der Waals surface area contributed by atoms with Gasteiger partial charge in [-0.25, -0.2) is 9.79 Å². The average Bonchev–Trinajstić information content (AvgIpc) is 2.15. The van der Waals surface area contributed by atoms with Crippen LogP contribution in [0.5, 0.6) is 0 Å². The number of carbonyl (C=O) groups is 1. The van der Waals surface area contributed by atoms with Crippen molar-refractivity contribution in [1.29, 1.82) is 0 Å². The van der Waals surface area contributed by atoms with E-state index in [2.05, 4.69) is 9.73 Å². The van der Waals surface area contributed by atoms with Crippen LogP contribution in [0.3, 0.4) is 0 Å². The van der Waals surface area contributed by atoms with E-state index in [9.17, 15) is 4.79 Å². The molecule has 5 heteroatoms. The Labute approximate surface area is 55.9 Å². The lowest BCUT2D eigenvalue weighted by Gasteiger charge is -2.02. The van der Waals surface area contributed by atoms with Gasteiger partial charge in [0.1, 0.15) is 0 Å². The van der Waals surface area contributed by atoms with E-state index in [-0.39, 0.29) is 0 Å². The van der Waals surface area contributed by atoms with Crippen molar-refractivity contribution in [2.24, 2.45) is 4.99 Å². The number of hydrogen-bond donors (Lipinski definition) is 1. The molecule has 0 aromatic carbocycles. The zero-order chi connectivity index (χ0) is 6.69. The molecule has 0 aromatic heterocycles. The first kappa shape index (κ1) is 6.41. The predicted molar refractivity (Wildman–Crippen MR) is 33.8 cm³/mol. The lowest BCUT2D eigenvalue weighted by atomic mass is 10.7. The highest BCUT2D eigenvalue weighted by Crippen LogP contribution is 2.11. The maximum Gasteiger partial charge on any atom is 0.507 e. The summed E-state index contributed by atoms with van der Waals surface area (Å²) in [6.45, 7) is 0. The van der Waals surface area contributed by atoms with E-state index in [0.717, 1.165) is 0 Å². The highest BCUT2D eigenvalue weighted by molar-refractivity contribution is 8.12. The molecule has 1 rings (SSSR count). The molecule has 1 unspecified atom stereocenters. The predicted octanol–water partition coefficient (Wildman–Crippen LogP) is 0.782. The van der Waals surface area contributed by atoms with Gasteiger partial charge in [-0.15, -0.1) is 11.8 Å². The molecule has 4 nitrogen and oxygen atoms in total. The average molecular weight is 147 g/mol. The van der Waals surface area contributed by atoms with E-state index in [1.165, 1.54) is 11.8 Å². The molecule has 1 atom stereocenters. The van der Waals surface area contributed by atoms with Gasteiger partial charge in [0.15, 0.2) is 0 Å². The summed E-state index contributed by atoms with van der Waals surface area (Å²) < 4.78 is 4.31. The zero-order valence-electron chi connectivity index (χ0n) is 4.48. The number of aliphatic imine (C=N–C) groups is 1. The standard InChI is InChI=1S/C4H5NO3S/c6-4(7)8-3-1-9-2-5-3/h2-3H,1H2,(H,6,7). The number of thioether (sulfide) groups is 1. The minimum absolute atomic E-state index is 0.479. The summed E-state index contributed by atoms with van der Waals surface area (Å²) >= 11 is 1.44. The molecule has 50 valence electrons. The van der Waals surface area contributed by atoms with Crippen molar-refractivity contribution in [1.82, 2.24) is 0 Å². The lowest BCUT2D eigenvalue weighted by Crippen LogP contribution is -2.13. The lowest BCUT2D eigenvalue weighted by molar-refractivity contribution is 0.0652. The summed E-state index contributed by atoms with van der Waals surface area (Å²) in [6, 6.07) is 0. The van der Waals surface area contributed by atoms with Crippen molar-refractivity contribution < 1.29 is 14.6 Å². The molecule has 1 aliphatic heterocycles. The van der Waals surface area contributed by atoms with Gasteiger partial charge < -0.3 is 9.84 Å². The third kappa shape index (κ3) is 1.93. The first-order valence-electron chi connectivity index (χ1n) is 2.32. The van der Waals surface area contributed by atoms with Crippen LogP contribution in [-0.2, 0) is 4.74 Å². The molecule has 1 N–H and O–H groups in total. The first-order chi connectivity index (χ1) is 4.29. The Morgan fingerprint density at radius 3 is 3.22 bits per heavy atom. The van der Waals surface area contributed by atoms with Crippen molar-refractivity contribution in [2.75, 3.05) is 5.75 Å². The highest BCUT2D eigenvalue weighted by Gasteiger charge is 2.14. The van der Waals surface area contributed by atoms with Crippen LogP contribution >= 0.6 is 11.8 Å². The van der Waals surface area contributed by atoms with Crippen LogP contribution in [0, 0.1) is 0 Å². The van der Waals surface area contributed by atoms with E-state index < -0.39 is 12.4 Å². The fraction of sp³-hybridized carbons (Fsp3) is 0.500. The van der Waals surface area contributed by atoms with E-state index in [0.29, 0.717) is 5.75 Å². The molecule has 0 aromatic rings. The maximum absolute atomic E-state index is 9.85. The van der Waals surface area contributed by atoms with Crippen molar-refractivity contribution in [3.8, 4) is 0 Å². The molecule has 0 saturated carbocycles. The van der Waals surface area contributed by atoms with Gasteiger partial charge in [0.25, 0.3) is 0 Å². The minimum atomic E-state index is -1.26. The van der Waals surface area contributed by atoms with E-state index in [1.54, 1.807) is 5.55 Å². The van der Waals surface area contributed by atoms with Crippen LogP contribution < -0.4 is 0 Å². The quantitative estimate of drug-likeness (QED) is 0.557. The Hall–Kier alpha value is -0.710. The van der Waals surface area contributed by atoms with Crippen molar-refractivity contribution in [2.45, 2.75) is 6.23 Å². The number of carboxylic acid groups (broad SMARTS) is 1. The molecule has 0 fully saturated rings. The summed E-state index contributed by atoms with van der Waals surface area (Å²) in [5, 5.41) is 8.07. The smallest absolute Gasteiger partial charge is 0.450 e. The number of ether oxygens (including phenoxy) is 1. The van der Waals surface area contributed by atoms with Crippen LogP contribution in [-0.4, -0.2) is 28.8 Å². The van der Waals surface area contributed by atoms with Gasteiger partial charge in [0.05, 0.1) is 11.3 Å². The molecule has 0 bridgehead atoms. The van der Waals surface area contributed by atoms with Crippen LogP contribution in [0.25, 0.3) is 0 Å². The Kier molecular flexibility index (Phi) is 1.94. The van der Waals surface area contributed by atoms with Crippen molar-refractivity contribution >= 4 is 23.5 Å². The van der Waals surface area contributed by atoms with Crippen molar-refractivity contribution in [3.05, 3.63) is 0 Å². The van der Waals surface area contributed by atoms with E-state index >= 15 is 0 Å². The fourth-order valence-electron chi connectivity index (χ4n) is 0.460. The highest BCUT2D eigenvalue weighted by atomic mass is 32.2. The van der Waals surface area contributed by atoms with E-state index in [1.807, 2.05) is 0 Å². The molecular weight excluding hydrogens is 142 g/mol. The molecular formula is C4H5NO3S. The number of nitrogens with zero attached hydrogens (tertiary/aromatic N) is 1. The van der Waals surface area contributed by atoms with Gasteiger partial charge in [-0.2, -0.15) is 0 Å². The molecule has 9 heavy (non-hydrogen) atoms. The Morgan fingerprint density at radius 2 is 2.78 bits per heavy atom. The Bertz CT molecular complexity index is 147. The third-order valence-corrected chi connectivity index (χ3v) is 1.53. The van der Waals surface area contributed by atoms with Gasteiger partial charge in [0, 0.05) is 0 Å². The first-order valence-corrected chi connectivity index (χ1v) is 3.37. The minimum Gasteiger partial charge on any atom is -0.450 e. The second-order valence-electron chi connectivity index (χ2n) is 1.43. The van der Waals surface area contributed by atoms with Crippen LogP contribution in [0.4, 0.5) is 4.79 Å². The monoisotopic (exact) mass is 147 g/mol. The van der Waals surface area contributed by atoms with Crippen LogP contribution in [0.1, 0.15) is 0 Å². The van der Waals surface area contributed by atoms with Gasteiger partial charge in [0.2, 0.25) is 6.23 Å². The summed E-state index contributed by atoms with van der Waals surface area (Å²) in [6.07, 6.45) is -1.74. The third-order valence-electron chi connectivity index (χ3n) is 0.777. The molecule has 0 amide bonds. The molecule has 0 spiro atoms. The Balaban J connectivity index is 2.28. The summed E-state index contributed by atoms with van der Waals surface area (Å²) in [7, 11) is 0. The Morgan fingerprint density at radius 1 is 2.00 bits per heavy atom. The van der Waals surface area contributed by atoms with Gasteiger partial charge >= 0.3 is 6.16 Å². The normalized spacial score (nSPS) is 24.2. The zero-order valence-corrected chi connectivity index (χ0v) is 5.30. The van der Waals surface area contributed by atoms with Crippen molar-refractivity contribution in [3.63, 3.8) is 0 Å². The summed E-state index contributed by atoms with van der Waals surface area (Å²) in [4.78, 5) is 13.6. The number of hydrogen-bond acceptors (Lipinski definition) is 4. The summed E-state index contributed by atoms with van der Waals surface area (Å²) in [5.41, 5.74) is 1.59. The SMILES string of the molecule is O=C(O)OC1CSC=N1. The van der Waals surface area contributed by atoms with Crippen LogP contribution in [0.2, 0.25) is 0 Å². The molecule has 1 aliphatic rings. The molecule has 0 saturated heterocycles. The molecule has 0 radical (unpaired) electrons. The van der Waals surface area contributed by atoms with Crippen LogP contribution in [0.15, 0.2) is 4.99 Å². The van der Waals surface area contributed by atoms with Gasteiger partial charge in [-0.1, -0.05) is 0 Å². The van der Waals surface area contributed by atoms with Gasteiger partial charge in [-0.05, 0) is 0 Å². The largest absolute Gasteiger partial charge is 0.507 e. The summed E-state index contributed by atoms with van der Waals surface area (Å²) in [5.74, 6) is 0.603. The number of rotatable bonds is 1.